The zero-order valence-electron chi connectivity index (χ0n) is 7.38. The lowest BCUT2D eigenvalue weighted by Gasteiger charge is -2.01. The second-order valence-electron chi connectivity index (χ2n) is 2.20. The number of allylic oxidation sites excluding steroid dienone is 2. The van der Waals surface area contributed by atoms with Gasteiger partial charge in [-0.25, -0.2) is 0 Å². The van der Waals surface area contributed by atoms with Crippen LogP contribution in [0.4, 0.5) is 0 Å². The first-order valence-electron chi connectivity index (χ1n) is 3.85. The molecule has 0 spiro atoms. The van der Waals surface area contributed by atoms with Crippen LogP contribution in [0.3, 0.4) is 0 Å². The van der Waals surface area contributed by atoms with Crippen LogP contribution in [0.15, 0.2) is 37.1 Å². The van der Waals surface area contributed by atoms with Crippen molar-refractivity contribution >= 4 is 5.78 Å². The highest BCUT2D eigenvalue weighted by atomic mass is 16.5. The molecule has 0 fully saturated rings. The summed E-state index contributed by atoms with van der Waals surface area (Å²) in [4.78, 5) is 11.1. The number of rotatable bonds is 6. The fraction of sp³-hybridized carbons (Fsp3) is 0.300. The molecule has 0 aromatic carbocycles. The van der Waals surface area contributed by atoms with Crippen molar-refractivity contribution in [1.82, 2.24) is 0 Å². The van der Waals surface area contributed by atoms with Crippen molar-refractivity contribution in [3.63, 3.8) is 0 Å². The van der Waals surface area contributed by atoms with Gasteiger partial charge in [0.2, 0.25) is 5.78 Å². The number of hydrogen-bond acceptors (Lipinski definition) is 2. The molecule has 0 amide bonds. The van der Waals surface area contributed by atoms with Crippen LogP contribution in [0, 0.1) is 0 Å². The quantitative estimate of drug-likeness (QED) is 0.343. The molecule has 0 saturated heterocycles. The summed E-state index contributed by atoms with van der Waals surface area (Å²) in [6.07, 6.45) is 5.64. The standard InChI is InChI=1S/C10H14O2/c1-4-6-7-10(11)9(3)12-8-5-2/h5-7H,2-4,8H2,1H3/b7-6-. The predicted molar refractivity (Wildman–Crippen MR) is 49.7 cm³/mol. The minimum absolute atomic E-state index is 0.166. The van der Waals surface area contributed by atoms with E-state index in [0.717, 1.165) is 6.42 Å². The zero-order chi connectivity index (χ0) is 9.40. The van der Waals surface area contributed by atoms with Gasteiger partial charge >= 0.3 is 0 Å². The lowest BCUT2D eigenvalue weighted by molar-refractivity contribution is -0.114. The molecule has 0 bridgehead atoms. The summed E-state index contributed by atoms with van der Waals surface area (Å²) < 4.78 is 4.94. The Labute approximate surface area is 73.2 Å². The lowest BCUT2D eigenvalue weighted by atomic mass is 10.3. The second-order valence-corrected chi connectivity index (χ2v) is 2.20. The molecule has 0 unspecified atom stereocenters. The number of ketones is 1. The van der Waals surface area contributed by atoms with Crippen molar-refractivity contribution in [2.24, 2.45) is 0 Å². The van der Waals surface area contributed by atoms with Gasteiger partial charge in [0, 0.05) is 0 Å². The highest BCUT2D eigenvalue weighted by molar-refractivity contribution is 6.01. The fourth-order valence-electron chi connectivity index (χ4n) is 0.548. The van der Waals surface area contributed by atoms with E-state index < -0.39 is 0 Å². The third-order valence-electron chi connectivity index (χ3n) is 1.16. The minimum atomic E-state index is -0.182. The summed E-state index contributed by atoms with van der Waals surface area (Å²) >= 11 is 0. The topological polar surface area (TPSA) is 26.3 Å². The van der Waals surface area contributed by atoms with Crippen LogP contribution in [0.2, 0.25) is 0 Å². The van der Waals surface area contributed by atoms with E-state index in [1.54, 1.807) is 12.2 Å². The Morgan fingerprint density at radius 3 is 2.75 bits per heavy atom. The molecule has 0 radical (unpaired) electrons. The Balaban J connectivity index is 3.85. The summed E-state index contributed by atoms with van der Waals surface area (Å²) in [5, 5.41) is 0. The van der Waals surface area contributed by atoms with E-state index in [1.807, 2.05) is 6.92 Å². The van der Waals surface area contributed by atoms with Gasteiger partial charge in [0.15, 0.2) is 5.76 Å². The maximum Gasteiger partial charge on any atom is 0.219 e. The van der Waals surface area contributed by atoms with Gasteiger partial charge in [0.25, 0.3) is 0 Å². The smallest absolute Gasteiger partial charge is 0.219 e. The second kappa shape index (κ2) is 6.40. The van der Waals surface area contributed by atoms with Crippen molar-refractivity contribution in [3.05, 3.63) is 37.1 Å². The van der Waals surface area contributed by atoms with E-state index in [1.165, 1.54) is 6.08 Å². The number of ether oxygens (including phenoxy) is 1. The highest BCUT2D eigenvalue weighted by Gasteiger charge is 2.01. The number of carbonyl (C=O) groups excluding carboxylic acids is 1. The van der Waals surface area contributed by atoms with Gasteiger partial charge in [-0.05, 0) is 12.5 Å². The van der Waals surface area contributed by atoms with Crippen LogP contribution in [0.5, 0.6) is 0 Å². The Hall–Kier alpha value is -1.31. The van der Waals surface area contributed by atoms with E-state index >= 15 is 0 Å². The molecule has 12 heavy (non-hydrogen) atoms. The van der Waals surface area contributed by atoms with Gasteiger partial charge < -0.3 is 4.74 Å². The van der Waals surface area contributed by atoms with Gasteiger partial charge in [-0.1, -0.05) is 32.2 Å². The molecule has 2 heteroatoms. The molecule has 2 nitrogen and oxygen atoms in total. The summed E-state index contributed by atoms with van der Waals surface area (Å²) in [6, 6.07) is 0. The van der Waals surface area contributed by atoms with Crippen molar-refractivity contribution in [2.45, 2.75) is 13.3 Å². The maximum atomic E-state index is 11.1. The summed E-state index contributed by atoms with van der Waals surface area (Å²) in [5.74, 6) is -0.0155. The van der Waals surface area contributed by atoms with Crippen LogP contribution in [0.25, 0.3) is 0 Å². The van der Waals surface area contributed by atoms with E-state index in [0.29, 0.717) is 6.61 Å². The van der Waals surface area contributed by atoms with Crippen LogP contribution < -0.4 is 0 Å². The fourth-order valence-corrected chi connectivity index (χ4v) is 0.548. The largest absolute Gasteiger partial charge is 0.486 e. The predicted octanol–water partition coefficient (Wildman–Crippen LogP) is 2.24. The van der Waals surface area contributed by atoms with Crippen LogP contribution in [0.1, 0.15) is 13.3 Å². The molecule has 0 aromatic rings. The van der Waals surface area contributed by atoms with Crippen molar-refractivity contribution in [2.75, 3.05) is 6.61 Å². The van der Waals surface area contributed by atoms with Gasteiger partial charge in [-0.15, -0.1) is 0 Å². The monoisotopic (exact) mass is 166 g/mol. The molecule has 0 heterocycles. The number of carbonyl (C=O) groups is 1. The van der Waals surface area contributed by atoms with Gasteiger partial charge in [-0.2, -0.15) is 0 Å². The molecule has 0 rings (SSSR count). The molecule has 0 saturated carbocycles. The SMILES string of the molecule is C=CCOC(=C)C(=O)/C=C\CC. The highest BCUT2D eigenvalue weighted by Crippen LogP contribution is 1.97. The average molecular weight is 166 g/mol. The van der Waals surface area contributed by atoms with E-state index in [2.05, 4.69) is 13.2 Å². The first-order valence-corrected chi connectivity index (χ1v) is 3.85. The molecule has 0 aliphatic carbocycles. The summed E-state index contributed by atoms with van der Waals surface area (Å²) in [7, 11) is 0. The molecule has 0 N–H and O–H groups in total. The van der Waals surface area contributed by atoms with Crippen LogP contribution >= 0.6 is 0 Å². The Bertz CT molecular complexity index is 202. The van der Waals surface area contributed by atoms with E-state index in [-0.39, 0.29) is 11.5 Å². The molecule has 0 aliphatic rings. The molecule has 66 valence electrons. The van der Waals surface area contributed by atoms with Crippen LogP contribution in [-0.2, 0) is 9.53 Å². The third-order valence-corrected chi connectivity index (χ3v) is 1.16. The van der Waals surface area contributed by atoms with Crippen molar-refractivity contribution < 1.29 is 9.53 Å². The first-order chi connectivity index (χ1) is 5.72. The normalized spacial score (nSPS) is 9.75. The van der Waals surface area contributed by atoms with Crippen molar-refractivity contribution in [1.29, 1.82) is 0 Å². The molecule has 0 aromatic heterocycles. The van der Waals surface area contributed by atoms with Crippen molar-refractivity contribution in [3.8, 4) is 0 Å². The van der Waals surface area contributed by atoms with E-state index in [9.17, 15) is 4.79 Å². The van der Waals surface area contributed by atoms with Crippen LogP contribution in [-0.4, -0.2) is 12.4 Å². The van der Waals surface area contributed by atoms with Gasteiger partial charge in [-0.3, -0.25) is 4.79 Å². The molecule has 0 aliphatic heterocycles. The average Bonchev–Trinajstić information content (AvgIpc) is 2.10. The molecule has 0 atom stereocenters. The van der Waals surface area contributed by atoms with Gasteiger partial charge in [0.1, 0.15) is 6.61 Å². The van der Waals surface area contributed by atoms with E-state index in [4.69, 9.17) is 4.74 Å². The Kier molecular flexibility index (Phi) is 5.70. The van der Waals surface area contributed by atoms with Gasteiger partial charge in [0.05, 0.1) is 0 Å². The molecular formula is C10H14O2. The summed E-state index contributed by atoms with van der Waals surface area (Å²) in [6.45, 7) is 9.21. The molecular weight excluding hydrogens is 152 g/mol. The Morgan fingerprint density at radius 2 is 2.25 bits per heavy atom. The zero-order valence-corrected chi connectivity index (χ0v) is 7.38. The Morgan fingerprint density at radius 1 is 1.58 bits per heavy atom. The third kappa shape index (κ3) is 4.50. The maximum absolute atomic E-state index is 11.1. The number of hydrogen-bond donors (Lipinski definition) is 0. The minimum Gasteiger partial charge on any atom is -0.486 e. The first kappa shape index (κ1) is 10.7. The lowest BCUT2D eigenvalue weighted by Crippen LogP contribution is -2.01. The summed E-state index contributed by atoms with van der Waals surface area (Å²) in [5.41, 5.74) is 0.